The second-order valence-electron chi connectivity index (χ2n) is 7.25. The number of hydrogen-bond donors (Lipinski definition) is 1. The molecule has 2 heterocycles. The summed E-state index contributed by atoms with van der Waals surface area (Å²) in [5, 5.41) is 16.8. The van der Waals surface area contributed by atoms with Gasteiger partial charge in [-0.05, 0) is 34.1 Å². The van der Waals surface area contributed by atoms with E-state index in [1.807, 2.05) is 27.7 Å². The lowest BCUT2D eigenvalue weighted by Gasteiger charge is -2.34. The van der Waals surface area contributed by atoms with Crippen molar-refractivity contribution in [2.75, 3.05) is 0 Å². The number of rotatable bonds is 4. The summed E-state index contributed by atoms with van der Waals surface area (Å²) in [6, 6.07) is -0.0182. The van der Waals surface area contributed by atoms with Crippen molar-refractivity contribution in [3.8, 4) is 12.3 Å². The van der Waals surface area contributed by atoms with Gasteiger partial charge in [-0.2, -0.15) is 5.10 Å². The number of aromatic nitrogens is 2. The Bertz CT molecular complexity index is 694. The summed E-state index contributed by atoms with van der Waals surface area (Å²) in [4.78, 5) is 14.2. The van der Waals surface area contributed by atoms with Crippen LogP contribution in [0.15, 0.2) is 5.16 Å². The van der Waals surface area contributed by atoms with Crippen LogP contribution in [0, 0.1) is 12.3 Å². The van der Waals surface area contributed by atoms with Crippen LogP contribution in [0.4, 0.5) is 4.79 Å². The number of ether oxygens (including phenoxy) is 1. The molecule has 1 aliphatic rings. The first kappa shape index (κ1) is 18.8. The third-order valence-corrected chi connectivity index (χ3v) is 4.03. The number of unbranched alkanes of at least 4 members (excludes halogenated alkanes) is 1. The van der Waals surface area contributed by atoms with Crippen LogP contribution in [-0.2, 0) is 24.2 Å². The monoisotopic (exact) mass is 346 g/mol. The Balaban J connectivity index is 2.28. The van der Waals surface area contributed by atoms with Gasteiger partial charge >= 0.3 is 6.09 Å². The zero-order valence-corrected chi connectivity index (χ0v) is 15.3. The Morgan fingerprint density at radius 3 is 2.88 bits per heavy atom. The average Bonchev–Trinajstić information content (AvgIpc) is 2.82. The highest BCUT2D eigenvalue weighted by molar-refractivity contribution is 5.80. The Hall–Kier alpha value is -2.49. The lowest BCUT2D eigenvalue weighted by molar-refractivity contribution is 0.0137. The molecule has 0 saturated carbocycles. The first-order chi connectivity index (χ1) is 11.8. The summed E-state index contributed by atoms with van der Waals surface area (Å²) in [5.41, 5.74) is 1.96. The molecule has 1 aliphatic heterocycles. The van der Waals surface area contributed by atoms with E-state index in [4.69, 9.17) is 16.4 Å². The van der Waals surface area contributed by atoms with Crippen LogP contribution in [0.2, 0.25) is 0 Å². The standard InChI is InChI=1S/C18H26N4O3/c1-6-7-8-9-22-16(11-19-24)14-12-21(13(2)10-15(14)20-22)17(23)25-18(3,4)5/h1,11,13,24H,7-10,12H2,2-5H3/b19-11+/t13-/m1/s1. The van der Waals surface area contributed by atoms with Crippen molar-refractivity contribution in [1.29, 1.82) is 0 Å². The van der Waals surface area contributed by atoms with Gasteiger partial charge in [-0.1, -0.05) is 5.16 Å². The largest absolute Gasteiger partial charge is 0.444 e. The maximum atomic E-state index is 12.5. The van der Waals surface area contributed by atoms with E-state index < -0.39 is 5.60 Å². The van der Waals surface area contributed by atoms with E-state index in [9.17, 15) is 4.79 Å². The number of terminal acetylenes is 1. The molecule has 1 atom stereocenters. The summed E-state index contributed by atoms with van der Waals surface area (Å²) in [7, 11) is 0. The number of hydrogen-bond acceptors (Lipinski definition) is 5. The minimum absolute atomic E-state index is 0.0182. The van der Waals surface area contributed by atoms with Crippen LogP contribution in [0.1, 0.15) is 57.5 Å². The predicted octanol–water partition coefficient (Wildman–Crippen LogP) is 2.79. The molecule has 1 aromatic heterocycles. The van der Waals surface area contributed by atoms with Gasteiger partial charge in [0.1, 0.15) is 5.60 Å². The van der Waals surface area contributed by atoms with Crippen LogP contribution in [-0.4, -0.2) is 43.8 Å². The van der Waals surface area contributed by atoms with Gasteiger partial charge in [-0.3, -0.25) is 4.68 Å². The van der Waals surface area contributed by atoms with E-state index in [2.05, 4.69) is 16.2 Å². The number of fused-ring (bicyclic) bond motifs is 1. The molecule has 0 unspecified atom stereocenters. The van der Waals surface area contributed by atoms with Crippen molar-refractivity contribution in [3.05, 3.63) is 17.0 Å². The molecule has 1 N–H and O–H groups in total. The first-order valence-electron chi connectivity index (χ1n) is 8.46. The number of carbonyl (C=O) groups excluding carboxylic acids is 1. The number of aryl methyl sites for hydroxylation is 1. The van der Waals surface area contributed by atoms with Gasteiger partial charge in [0.2, 0.25) is 0 Å². The molecule has 25 heavy (non-hydrogen) atoms. The van der Waals surface area contributed by atoms with E-state index in [1.54, 1.807) is 9.58 Å². The van der Waals surface area contributed by atoms with Crippen molar-refractivity contribution in [1.82, 2.24) is 14.7 Å². The molecule has 1 aromatic rings. The van der Waals surface area contributed by atoms with Crippen LogP contribution in [0.25, 0.3) is 0 Å². The van der Waals surface area contributed by atoms with Crippen LogP contribution in [0.5, 0.6) is 0 Å². The van der Waals surface area contributed by atoms with Gasteiger partial charge in [0.05, 0.1) is 24.1 Å². The fourth-order valence-corrected chi connectivity index (χ4v) is 2.88. The number of amides is 1. The summed E-state index contributed by atoms with van der Waals surface area (Å²) in [6.45, 7) is 8.53. The fourth-order valence-electron chi connectivity index (χ4n) is 2.88. The van der Waals surface area contributed by atoms with Crippen molar-refractivity contribution in [3.63, 3.8) is 0 Å². The molecule has 0 aliphatic carbocycles. The van der Waals surface area contributed by atoms with Crippen LogP contribution >= 0.6 is 0 Å². The zero-order valence-electron chi connectivity index (χ0n) is 15.3. The molecule has 2 rings (SSSR count). The van der Waals surface area contributed by atoms with E-state index >= 15 is 0 Å². The lowest BCUT2D eigenvalue weighted by atomic mass is 10.0. The second-order valence-corrected chi connectivity index (χ2v) is 7.25. The summed E-state index contributed by atoms with van der Waals surface area (Å²) in [6.07, 6.45) is 8.39. The van der Waals surface area contributed by atoms with Crippen molar-refractivity contribution >= 4 is 12.3 Å². The summed E-state index contributed by atoms with van der Waals surface area (Å²) < 4.78 is 7.30. The normalized spacial score (nSPS) is 17.4. The smallest absolute Gasteiger partial charge is 0.410 e. The highest BCUT2D eigenvalue weighted by Crippen LogP contribution is 2.27. The molecule has 7 heteroatoms. The lowest BCUT2D eigenvalue weighted by Crippen LogP contribution is -2.45. The third-order valence-electron chi connectivity index (χ3n) is 4.03. The Labute approximate surface area is 148 Å². The predicted molar refractivity (Wildman–Crippen MR) is 94.6 cm³/mol. The molecule has 0 aromatic carbocycles. The second kappa shape index (κ2) is 7.60. The SMILES string of the molecule is C#CCCCn1nc2c(c1/C=N/O)CN(C(=O)OC(C)(C)C)[C@H](C)C2. The minimum Gasteiger partial charge on any atom is -0.444 e. The van der Waals surface area contributed by atoms with Crippen molar-refractivity contribution < 1.29 is 14.7 Å². The van der Waals surface area contributed by atoms with E-state index in [0.717, 1.165) is 17.7 Å². The van der Waals surface area contributed by atoms with Gasteiger partial charge in [-0.25, -0.2) is 4.79 Å². The Kier molecular flexibility index (Phi) is 5.73. The van der Waals surface area contributed by atoms with Crippen LogP contribution in [0.3, 0.4) is 0 Å². The molecule has 136 valence electrons. The molecule has 1 amide bonds. The maximum absolute atomic E-state index is 12.5. The molecule has 7 nitrogen and oxygen atoms in total. The van der Waals surface area contributed by atoms with Gasteiger partial charge < -0.3 is 14.8 Å². The molecular weight excluding hydrogens is 320 g/mol. The summed E-state index contributed by atoms with van der Waals surface area (Å²) >= 11 is 0. The highest BCUT2D eigenvalue weighted by atomic mass is 16.6. The van der Waals surface area contributed by atoms with Gasteiger partial charge in [0.15, 0.2) is 0 Å². The fraction of sp³-hybridized carbons (Fsp3) is 0.611. The summed E-state index contributed by atoms with van der Waals surface area (Å²) in [5.74, 6) is 2.61. The van der Waals surface area contributed by atoms with E-state index in [-0.39, 0.29) is 12.1 Å². The van der Waals surface area contributed by atoms with E-state index in [1.165, 1.54) is 6.21 Å². The molecule has 0 radical (unpaired) electrons. The zero-order chi connectivity index (χ0) is 18.6. The number of oxime groups is 1. The number of nitrogens with zero attached hydrogens (tertiary/aromatic N) is 4. The molecule has 0 spiro atoms. The number of carbonyl (C=O) groups is 1. The first-order valence-corrected chi connectivity index (χ1v) is 8.46. The average molecular weight is 346 g/mol. The third kappa shape index (κ3) is 4.53. The molecule has 0 fully saturated rings. The van der Waals surface area contributed by atoms with Gasteiger partial charge in [0, 0.05) is 31.0 Å². The van der Waals surface area contributed by atoms with Crippen molar-refractivity contribution in [2.24, 2.45) is 5.16 Å². The van der Waals surface area contributed by atoms with Gasteiger partial charge in [0.25, 0.3) is 0 Å². The van der Waals surface area contributed by atoms with E-state index in [0.29, 0.717) is 31.6 Å². The highest BCUT2D eigenvalue weighted by Gasteiger charge is 2.33. The quantitative estimate of drug-likeness (QED) is 0.299. The Morgan fingerprint density at radius 2 is 2.28 bits per heavy atom. The molecular formula is C18H26N4O3. The van der Waals surface area contributed by atoms with Crippen molar-refractivity contribution in [2.45, 2.75) is 71.7 Å². The Morgan fingerprint density at radius 1 is 1.56 bits per heavy atom. The maximum Gasteiger partial charge on any atom is 0.410 e. The molecule has 0 saturated heterocycles. The minimum atomic E-state index is -0.550. The molecule has 0 bridgehead atoms. The topological polar surface area (TPSA) is 80.0 Å². The van der Waals surface area contributed by atoms with Gasteiger partial charge in [-0.15, -0.1) is 12.3 Å². The van der Waals surface area contributed by atoms with Crippen LogP contribution < -0.4 is 0 Å².